The van der Waals surface area contributed by atoms with Crippen molar-refractivity contribution in [1.82, 2.24) is 0 Å². The quantitative estimate of drug-likeness (QED) is 0.460. The Bertz CT molecular complexity index is 1000. The zero-order valence-electron chi connectivity index (χ0n) is 19.1. The Morgan fingerprint density at radius 3 is 2.64 bits per heavy atom. The molecule has 9 nitrogen and oxygen atoms in total. The van der Waals surface area contributed by atoms with E-state index in [1.165, 1.54) is 0 Å². The summed E-state index contributed by atoms with van der Waals surface area (Å²) in [5.74, 6) is -1.99. The summed E-state index contributed by atoms with van der Waals surface area (Å²) in [6.07, 6.45) is -0.00637. The van der Waals surface area contributed by atoms with Gasteiger partial charge in [0.2, 0.25) is 0 Å². The lowest BCUT2D eigenvalue weighted by Gasteiger charge is -2.59. The Labute approximate surface area is 191 Å². The number of hydrogen-bond donors (Lipinski definition) is 2. The van der Waals surface area contributed by atoms with Gasteiger partial charge in [-0.1, -0.05) is 20.8 Å². The van der Waals surface area contributed by atoms with Gasteiger partial charge in [0.25, 0.3) is 0 Å². The molecule has 0 unspecified atom stereocenters. The maximum atomic E-state index is 12.7. The van der Waals surface area contributed by atoms with Crippen LogP contribution in [0.2, 0.25) is 0 Å². The predicted octanol–water partition coefficient (Wildman–Crippen LogP) is 1.50. The Hall–Kier alpha value is -1.97. The van der Waals surface area contributed by atoms with E-state index in [0.29, 0.717) is 25.7 Å². The third kappa shape index (κ3) is 2.36. The molecule has 0 aromatic rings. The van der Waals surface area contributed by atoms with Gasteiger partial charge in [0, 0.05) is 11.0 Å². The minimum atomic E-state index is -1.47. The van der Waals surface area contributed by atoms with Crippen LogP contribution in [0.5, 0.6) is 0 Å². The molecule has 8 atom stereocenters. The summed E-state index contributed by atoms with van der Waals surface area (Å²) in [6, 6.07) is 0. The number of carbonyl (C=O) groups is 3. The van der Waals surface area contributed by atoms with Crippen molar-refractivity contribution in [2.45, 2.75) is 94.4 Å². The first kappa shape index (κ1) is 21.6. The maximum absolute atomic E-state index is 12.7. The standard InChI is InChI=1S/C24H30O9/c1-11(2)23-17(32-23)18-24(33-18)21(3)8-6-12-13(10-30-19(12)28)14(21)7-9-22(24,29)20(23)31-16(27)5-4-15(25)26/h11,14,17-18,20,29H,4-10H2,1-3H3,(H,25,26)/t14-,17-,18-,20-,21-,22+,23-,24+/m0/s1. The fraction of sp³-hybridized carbons (Fsp3) is 0.792. The van der Waals surface area contributed by atoms with Crippen molar-refractivity contribution in [3.63, 3.8) is 0 Å². The van der Waals surface area contributed by atoms with Gasteiger partial charge in [-0.15, -0.1) is 0 Å². The second-order valence-corrected chi connectivity index (χ2v) is 11.1. The molecule has 33 heavy (non-hydrogen) atoms. The van der Waals surface area contributed by atoms with Crippen LogP contribution >= 0.6 is 0 Å². The molecule has 2 N–H and O–H groups in total. The van der Waals surface area contributed by atoms with E-state index < -0.39 is 40.3 Å². The zero-order valence-corrected chi connectivity index (χ0v) is 19.1. The topological polar surface area (TPSA) is 135 Å². The second kappa shape index (κ2) is 6.37. The SMILES string of the molecule is CC(C)[C@]12O[C@H]1[C@@H]1O[C@@]13[C@@]1(C)CCC4=C(COC4=O)[C@@H]1CC[C@@]3(O)[C@@H]2OC(=O)CCC(=O)O. The lowest BCUT2D eigenvalue weighted by Crippen LogP contribution is -2.74. The van der Waals surface area contributed by atoms with E-state index in [-0.39, 0.29) is 49.5 Å². The van der Waals surface area contributed by atoms with Gasteiger partial charge in [0.1, 0.15) is 35.6 Å². The third-order valence-corrected chi connectivity index (χ3v) is 9.57. The molecule has 9 heteroatoms. The van der Waals surface area contributed by atoms with Crippen molar-refractivity contribution >= 4 is 17.9 Å². The van der Waals surface area contributed by atoms with Crippen LogP contribution in [-0.2, 0) is 33.3 Å². The molecule has 0 bridgehead atoms. The number of esters is 2. The van der Waals surface area contributed by atoms with E-state index >= 15 is 0 Å². The van der Waals surface area contributed by atoms with Crippen molar-refractivity contribution in [1.29, 1.82) is 0 Å². The Morgan fingerprint density at radius 2 is 1.94 bits per heavy atom. The number of hydrogen-bond acceptors (Lipinski definition) is 8. The van der Waals surface area contributed by atoms with E-state index in [4.69, 9.17) is 24.1 Å². The average Bonchev–Trinajstić information content (AvgIpc) is 3.63. The number of carboxylic acid groups (broad SMARTS) is 1. The molecule has 0 radical (unpaired) electrons. The molecule has 0 aromatic heterocycles. The Morgan fingerprint density at radius 1 is 1.18 bits per heavy atom. The highest BCUT2D eigenvalue weighted by molar-refractivity contribution is 5.92. The molecule has 2 saturated heterocycles. The van der Waals surface area contributed by atoms with Crippen molar-refractivity contribution in [2.75, 3.05) is 6.61 Å². The van der Waals surface area contributed by atoms with Gasteiger partial charge >= 0.3 is 17.9 Å². The molecule has 6 aliphatic rings. The molecule has 6 rings (SSSR count). The number of rotatable bonds is 5. The first-order chi connectivity index (χ1) is 15.5. The van der Waals surface area contributed by atoms with Crippen molar-refractivity contribution in [3.05, 3.63) is 11.1 Å². The number of fused-ring (bicyclic) bond motifs is 4. The number of carbonyl (C=O) groups excluding carboxylic acids is 2. The van der Waals surface area contributed by atoms with E-state index in [9.17, 15) is 19.5 Å². The molecule has 3 heterocycles. The Balaban J connectivity index is 1.40. The van der Waals surface area contributed by atoms with Crippen LogP contribution in [0.1, 0.15) is 59.3 Å². The van der Waals surface area contributed by atoms with Crippen molar-refractivity contribution in [3.8, 4) is 0 Å². The van der Waals surface area contributed by atoms with Crippen LogP contribution in [0.4, 0.5) is 0 Å². The minimum Gasteiger partial charge on any atom is -0.481 e. The van der Waals surface area contributed by atoms with Gasteiger partial charge < -0.3 is 29.2 Å². The van der Waals surface area contributed by atoms with Gasteiger partial charge in [-0.3, -0.25) is 9.59 Å². The summed E-state index contributed by atoms with van der Waals surface area (Å²) < 4.78 is 23.9. The number of aliphatic hydroxyl groups is 1. The van der Waals surface area contributed by atoms with Crippen LogP contribution < -0.4 is 0 Å². The molecule has 180 valence electrons. The molecule has 3 aliphatic heterocycles. The lowest BCUT2D eigenvalue weighted by molar-refractivity contribution is -0.230. The van der Waals surface area contributed by atoms with Crippen LogP contribution in [0.25, 0.3) is 0 Å². The molecular formula is C24H30O9. The normalized spacial score (nSPS) is 48.7. The van der Waals surface area contributed by atoms with Crippen LogP contribution in [0.3, 0.4) is 0 Å². The molecule has 2 saturated carbocycles. The maximum Gasteiger partial charge on any atom is 0.334 e. The van der Waals surface area contributed by atoms with E-state index in [1.807, 2.05) is 13.8 Å². The van der Waals surface area contributed by atoms with Crippen LogP contribution in [0.15, 0.2) is 11.1 Å². The highest BCUT2D eigenvalue weighted by Gasteiger charge is 2.94. The molecule has 3 aliphatic carbocycles. The monoisotopic (exact) mass is 462 g/mol. The number of ether oxygens (including phenoxy) is 4. The van der Waals surface area contributed by atoms with Crippen molar-refractivity contribution in [2.24, 2.45) is 17.3 Å². The van der Waals surface area contributed by atoms with E-state index in [1.54, 1.807) is 0 Å². The smallest absolute Gasteiger partial charge is 0.334 e. The van der Waals surface area contributed by atoms with Gasteiger partial charge in [-0.05, 0) is 43.1 Å². The number of epoxide rings is 2. The summed E-state index contributed by atoms with van der Waals surface area (Å²) in [4.78, 5) is 35.8. The second-order valence-electron chi connectivity index (χ2n) is 11.1. The zero-order chi connectivity index (χ0) is 23.6. The van der Waals surface area contributed by atoms with Gasteiger partial charge in [0.15, 0.2) is 6.10 Å². The predicted molar refractivity (Wildman–Crippen MR) is 110 cm³/mol. The highest BCUT2D eigenvalue weighted by Crippen LogP contribution is 2.78. The summed E-state index contributed by atoms with van der Waals surface area (Å²) in [5.41, 5.74) is -1.97. The van der Waals surface area contributed by atoms with Gasteiger partial charge in [-0.25, -0.2) is 4.79 Å². The summed E-state index contributed by atoms with van der Waals surface area (Å²) in [5, 5.41) is 21.3. The number of cyclic esters (lactones) is 1. The fourth-order valence-electron chi connectivity index (χ4n) is 7.95. The first-order valence-corrected chi connectivity index (χ1v) is 11.9. The average molecular weight is 462 g/mol. The fourth-order valence-corrected chi connectivity index (χ4v) is 7.95. The van der Waals surface area contributed by atoms with E-state index in [2.05, 4.69) is 6.92 Å². The van der Waals surface area contributed by atoms with Crippen LogP contribution in [-0.4, -0.2) is 69.8 Å². The molecule has 0 amide bonds. The van der Waals surface area contributed by atoms with Gasteiger partial charge in [-0.2, -0.15) is 0 Å². The molecule has 1 spiro atoms. The van der Waals surface area contributed by atoms with Gasteiger partial charge in [0.05, 0.1) is 12.8 Å². The summed E-state index contributed by atoms with van der Waals surface area (Å²) >= 11 is 0. The molecular weight excluding hydrogens is 432 g/mol. The third-order valence-electron chi connectivity index (χ3n) is 9.57. The summed E-state index contributed by atoms with van der Waals surface area (Å²) in [7, 11) is 0. The largest absolute Gasteiger partial charge is 0.481 e. The highest BCUT2D eigenvalue weighted by atomic mass is 16.7. The lowest BCUT2D eigenvalue weighted by atomic mass is 9.45. The minimum absolute atomic E-state index is 0.0339. The summed E-state index contributed by atoms with van der Waals surface area (Å²) in [6.45, 7) is 6.35. The Kier molecular flexibility index (Phi) is 4.16. The molecule has 0 aromatic carbocycles. The van der Waals surface area contributed by atoms with E-state index in [0.717, 1.165) is 11.1 Å². The first-order valence-electron chi connectivity index (χ1n) is 11.9. The van der Waals surface area contributed by atoms with Crippen LogP contribution in [0, 0.1) is 17.3 Å². The van der Waals surface area contributed by atoms with Crippen molar-refractivity contribution < 1.29 is 43.5 Å². The number of aliphatic carboxylic acids is 1. The molecule has 4 fully saturated rings. The number of carboxylic acids is 1.